The number of halogens is 4. The van der Waals surface area contributed by atoms with Gasteiger partial charge in [-0.05, 0) is 66.9 Å². The minimum Gasteiger partial charge on any atom is -0.324 e. The molecule has 2 fully saturated rings. The highest BCUT2D eigenvalue weighted by Crippen LogP contribution is 2.57. The molecule has 5 nitrogen and oxygen atoms in total. The van der Waals surface area contributed by atoms with E-state index >= 15 is 0 Å². The van der Waals surface area contributed by atoms with Gasteiger partial charge in [-0.1, -0.05) is 41.9 Å². The highest BCUT2D eigenvalue weighted by molar-refractivity contribution is 6.30. The molecular weight excluding hydrogens is 491 g/mol. The van der Waals surface area contributed by atoms with Gasteiger partial charge in [0.05, 0.1) is 17.0 Å². The Morgan fingerprint density at radius 3 is 2.11 bits per heavy atom. The van der Waals surface area contributed by atoms with Gasteiger partial charge in [-0.2, -0.15) is 13.2 Å². The number of hydrogen-bond donors (Lipinski definition) is 1. The quantitative estimate of drug-likeness (QED) is 0.393. The molecule has 1 spiro atoms. The summed E-state index contributed by atoms with van der Waals surface area (Å²) in [6, 6.07) is 20.8. The lowest BCUT2D eigenvalue weighted by Gasteiger charge is -2.59. The summed E-state index contributed by atoms with van der Waals surface area (Å²) in [5.41, 5.74) is 0.665. The Hall–Kier alpha value is -3.52. The Balaban J connectivity index is 1.31. The summed E-state index contributed by atoms with van der Waals surface area (Å²) >= 11 is 6.04. The summed E-state index contributed by atoms with van der Waals surface area (Å²) in [7, 11) is 0. The van der Waals surface area contributed by atoms with Gasteiger partial charge in [-0.3, -0.25) is 4.79 Å². The molecule has 0 aliphatic carbocycles. The number of likely N-dealkylation sites (tertiary alicyclic amines) is 1. The van der Waals surface area contributed by atoms with Gasteiger partial charge in [-0.25, -0.2) is 4.79 Å². The largest absolute Gasteiger partial charge is 0.416 e. The van der Waals surface area contributed by atoms with Gasteiger partial charge in [0.1, 0.15) is 0 Å². The fourth-order valence-corrected chi connectivity index (χ4v) is 5.29. The number of alkyl halides is 3. The average Bonchev–Trinajstić information content (AvgIpc) is 2.88. The minimum atomic E-state index is -4.44. The number of nitrogens with one attached hydrogen (secondary N) is 1. The van der Waals surface area contributed by atoms with Crippen LogP contribution in [0.15, 0.2) is 78.9 Å². The van der Waals surface area contributed by atoms with Crippen molar-refractivity contribution in [1.29, 1.82) is 0 Å². The van der Waals surface area contributed by atoms with E-state index in [0.29, 0.717) is 31.0 Å². The topological polar surface area (TPSA) is 52.7 Å². The SMILES string of the molecule is O=C(Nc1ccc(C(F)(F)F)cc1)N1CCC2(CC1)C(=O)N(c1ccc(Cl)cc1)C2c1ccccc1. The van der Waals surface area contributed by atoms with E-state index in [4.69, 9.17) is 11.6 Å². The molecule has 0 radical (unpaired) electrons. The number of rotatable bonds is 3. The van der Waals surface area contributed by atoms with Crippen LogP contribution in [-0.4, -0.2) is 29.9 Å². The number of anilines is 2. The van der Waals surface area contributed by atoms with Crippen molar-refractivity contribution in [1.82, 2.24) is 4.90 Å². The number of urea groups is 1. The van der Waals surface area contributed by atoms with Crippen molar-refractivity contribution in [2.75, 3.05) is 23.3 Å². The first-order valence-electron chi connectivity index (χ1n) is 11.6. The molecule has 1 unspecified atom stereocenters. The number of benzene rings is 3. The average molecular weight is 514 g/mol. The van der Waals surface area contributed by atoms with Gasteiger partial charge in [0.25, 0.3) is 0 Å². The molecule has 0 bridgehead atoms. The molecule has 2 aliphatic heterocycles. The van der Waals surface area contributed by atoms with E-state index in [1.807, 2.05) is 42.5 Å². The molecule has 2 heterocycles. The molecule has 2 saturated heterocycles. The monoisotopic (exact) mass is 513 g/mol. The van der Waals surface area contributed by atoms with Crippen molar-refractivity contribution in [3.05, 3.63) is 95.0 Å². The zero-order valence-corrected chi connectivity index (χ0v) is 19.9. The van der Waals surface area contributed by atoms with Crippen LogP contribution in [0.25, 0.3) is 0 Å². The van der Waals surface area contributed by atoms with E-state index in [1.165, 1.54) is 12.1 Å². The summed E-state index contributed by atoms with van der Waals surface area (Å²) in [6.45, 7) is 0.714. The van der Waals surface area contributed by atoms with Gasteiger partial charge in [0.2, 0.25) is 5.91 Å². The number of nitrogens with zero attached hydrogens (tertiary/aromatic N) is 2. The van der Waals surface area contributed by atoms with Crippen molar-refractivity contribution >= 4 is 34.9 Å². The van der Waals surface area contributed by atoms with E-state index in [0.717, 1.165) is 23.4 Å². The van der Waals surface area contributed by atoms with Gasteiger partial charge in [0, 0.05) is 29.5 Å². The smallest absolute Gasteiger partial charge is 0.324 e. The first-order chi connectivity index (χ1) is 17.2. The highest BCUT2D eigenvalue weighted by atomic mass is 35.5. The van der Waals surface area contributed by atoms with E-state index < -0.39 is 23.2 Å². The standard InChI is InChI=1S/C27H23ClF3N3O2/c28-20-8-12-22(13-9-20)34-23(18-4-2-1-3-5-18)26(24(34)35)14-16-33(17-15-26)25(36)32-21-10-6-19(7-11-21)27(29,30)31/h1-13,23H,14-17H2,(H,32,36). The molecule has 0 aromatic heterocycles. The maximum absolute atomic E-state index is 13.6. The summed E-state index contributed by atoms with van der Waals surface area (Å²) < 4.78 is 38.4. The molecule has 186 valence electrons. The van der Waals surface area contributed by atoms with Gasteiger partial charge < -0.3 is 15.1 Å². The molecule has 2 aliphatic rings. The minimum absolute atomic E-state index is 0.0153. The van der Waals surface area contributed by atoms with Gasteiger partial charge >= 0.3 is 12.2 Å². The van der Waals surface area contributed by atoms with Crippen molar-refractivity contribution in [2.24, 2.45) is 5.41 Å². The van der Waals surface area contributed by atoms with Gasteiger partial charge in [0.15, 0.2) is 0 Å². The molecular formula is C27H23ClF3N3O2. The lowest BCUT2D eigenvalue weighted by Crippen LogP contribution is -2.67. The summed E-state index contributed by atoms with van der Waals surface area (Å²) in [5, 5.41) is 3.25. The number of β-lactam (4-membered cyclic amide) rings is 1. The number of amides is 3. The van der Waals surface area contributed by atoms with Crippen LogP contribution in [-0.2, 0) is 11.0 Å². The van der Waals surface area contributed by atoms with Crippen LogP contribution in [0.1, 0.15) is 30.0 Å². The summed E-state index contributed by atoms with van der Waals surface area (Å²) in [5.74, 6) is 0.0153. The molecule has 1 atom stereocenters. The van der Waals surface area contributed by atoms with Gasteiger partial charge in [-0.15, -0.1) is 0 Å². The van der Waals surface area contributed by atoms with Crippen LogP contribution in [0, 0.1) is 5.41 Å². The number of carbonyl (C=O) groups excluding carboxylic acids is 2. The third-order valence-corrected chi connectivity index (χ3v) is 7.30. The Morgan fingerprint density at radius 2 is 1.53 bits per heavy atom. The second-order valence-electron chi connectivity index (χ2n) is 9.11. The number of hydrogen-bond acceptors (Lipinski definition) is 2. The molecule has 9 heteroatoms. The fourth-order valence-electron chi connectivity index (χ4n) is 5.17. The first-order valence-corrected chi connectivity index (χ1v) is 11.9. The third kappa shape index (κ3) is 4.30. The van der Waals surface area contributed by atoms with Crippen LogP contribution < -0.4 is 10.2 Å². The Labute approximate surface area is 211 Å². The van der Waals surface area contributed by atoms with E-state index in [1.54, 1.807) is 21.9 Å². The zero-order valence-electron chi connectivity index (χ0n) is 19.1. The van der Waals surface area contributed by atoms with Crippen LogP contribution in [0.5, 0.6) is 0 Å². The lowest BCUT2D eigenvalue weighted by molar-refractivity contribution is -0.144. The van der Waals surface area contributed by atoms with E-state index in [-0.39, 0.29) is 17.6 Å². The maximum atomic E-state index is 13.6. The lowest BCUT2D eigenvalue weighted by atomic mass is 9.62. The van der Waals surface area contributed by atoms with E-state index in [9.17, 15) is 22.8 Å². The maximum Gasteiger partial charge on any atom is 0.416 e. The summed E-state index contributed by atoms with van der Waals surface area (Å²) in [6.07, 6.45) is -3.47. The van der Waals surface area contributed by atoms with Crippen LogP contribution in [0.3, 0.4) is 0 Å². The molecule has 1 N–H and O–H groups in total. The van der Waals surface area contributed by atoms with E-state index in [2.05, 4.69) is 5.32 Å². The Bertz CT molecular complexity index is 1260. The predicted octanol–water partition coefficient (Wildman–Crippen LogP) is 6.76. The molecule has 3 aromatic carbocycles. The molecule has 0 saturated carbocycles. The highest BCUT2D eigenvalue weighted by Gasteiger charge is 2.62. The molecule has 3 aromatic rings. The van der Waals surface area contributed by atoms with Crippen molar-refractivity contribution in [2.45, 2.75) is 25.1 Å². The van der Waals surface area contributed by atoms with Crippen LogP contribution in [0.2, 0.25) is 5.02 Å². The Morgan fingerprint density at radius 1 is 0.917 bits per heavy atom. The first kappa shape index (κ1) is 24.2. The number of piperidine rings is 1. The van der Waals surface area contributed by atoms with Crippen molar-refractivity contribution in [3.8, 4) is 0 Å². The normalized spacial score (nSPS) is 19.2. The predicted molar refractivity (Wildman–Crippen MR) is 132 cm³/mol. The molecule has 36 heavy (non-hydrogen) atoms. The van der Waals surface area contributed by atoms with Crippen LogP contribution in [0.4, 0.5) is 29.3 Å². The second-order valence-corrected chi connectivity index (χ2v) is 9.55. The molecule has 5 rings (SSSR count). The second kappa shape index (κ2) is 9.17. The number of carbonyl (C=O) groups is 2. The summed E-state index contributed by atoms with van der Waals surface area (Å²) in [4.78, 5) is 29.8. The fraction of sp³-hybridized carbons (Fsp3) is 0.259. The Kier molecular flexibility index (Phi) is 6.16. The zero-order chi connectivity index (χ0) is 25.5. The molecule has 3 amide bonds. The third-order valence-electron chi connectivity index (χ3n) is 7.05. The van der Waals surface area contributed by atoms with Crippen molar-refractivity contribution < 1.29 is 22.8 Å². The van der Waals surface area contributed by atoms with Crippen LogP contribution >= 0.6 is 11.6 Å². The van der Waals surface area contributed by atoms with Crippen molar-refractivity contribution in [3.63, 3.8) is 0 Å².